The number of aromatic amines is 1. The van der Waals surface area contributed by atoms with Gasteiger partial charge < -0.3 is 25.4 Å². The van der Waals surface area contributed by atoms with E-state index in [1.54, 1.807) is 12.1 Å². The molecule has 3 N–H and O–H groups in total. The number of nitrogens with one attached hydrogen (secondary N) is 3. The Labute approximate surface area is 222 Å². The number of carbonyl (C=O) groups excluding carboxylic acids is 1. The van der Waals surface area contributed by atoms with Gasteiger partial charge in [-0.2, -0.15) is 13.2 Å². The van der Waals surface area contributed by atoms with Crippen LogP contribution in [0.1, 0.15) is 18.9 Å². The van der Waals surface area contributed by atoms with Gasteiger partial charge in [-0.3, -0.25) is 4.79 Å². The minimum absolute atomic E-state index is 0.0841. The molecule has 1 fully saturated rings. The predicted octanol–water partition coefficient (Wildman–Crippen LogP) is 5.63. The second kappa shape index (κ2) is 10.2. The van der Waals surface area contributed by atoms with Gasteiger partial charge in [-0.15, -0.1) is 0 Å². The molecule has 0 radical (unpaired) electrons. The van der Waals surface area contributed by atoms with Crippen LogP contribution < -0.4 is 15.5 Å². The molecule has 0 saturated carbocycles. The highest BCUT2D eigenvalue weighted by molar-refractivity contribution is 5.96. The van der Waals surface area contributed by atoms with Crippen LogP contribution in [0.5, 0.6) is 0 Å². The lowest BCUT2D eigenvalue weighted by atomic mass is 10.1. The number of anilines is 4. The first-order valence-electron chi connectivity index (χ1n) is 12.3. The molecule has 3 heterocycles. The minimum atomic E-state index is -4.73. The fourth-order valence-electron chi connectivity index (χ4n) is 4.86. The predicted molar refractivity (Wildman–Crippen MR) is 143 cm³/mol. The van der Waals surface area contributed by atoms with E-state index in [4.69, 9.17) is 0 Å². The van der Waals surface area contributed by atoms with E-state index in [0.29, 0.717) is 23.6 Å². The number of hydrogen-bond acceptors (Lipinski definition) is 6. The van der Waals surface area contributed by atoms with E-state index in [-0.39, 0.29) is 34.0 Å². The summed E-state index contributed by atoms with van der Waals surface area (Å²) in [6.45, 7) is 3.02. The lowest BCUT2D eigenvalue weighted by molar-refractivity contribution is -0.137. The number of amides is 1. The van der Waals surface area contributed by atoms with Crippen molar-refractivity contribution in [3.63, 3.8) is 0 Å². The number of benzene rings is 2. The van der Waals surface area contributed by atoms with Gasteiger partial charge in [0.1, 0.15) is 11.4 Å². The summed E-state index contributed by atoms with van der Waals surface area (Å²) in [5.41, 5.74) is 0.630. The second-order valence-corrected chi connectivity index (χ2v) is 9.71. The highest BCUT2D eigenvalue weighted by Gasteiger charge is 2.36. The molecule has 1 unspecified atom stereocenters. The number of fused-ring (bicyclic) bond motifs is 1. The number of nitrogens with zero attached hydrogens (tertiary/aromatic N) is 4. The van der Waals surface area contributed by atoms with Crippen LogP contribution in [0.2, 0.25) is 0 Å². The summed E-state index contributed by atoms with van der Waals surface area (Å²) in [6, 6.07) is 9.85. The smallest absolute Gasteiger partial charge is 0.368 e. The molecule has 0 aliphatic carbocycles. The number of rotatable bonds is 6. The number of H-pyrrole nitrogens is 1. The van der Waals surface area contributed by atoms with Gasteiger partial charge in [0.2, 0.25) is 11.9 Å². The van der Waals surface area contributed by atoms with Gasteiger partial charge in [0, 0.05) is 55.1 Å². The number of carbonyl (C=O) groups is 1. The van der Waals surface area contributed by atoms with Crippen molar-refractivity contribution in [1.29, 1.82) is 0 Å². The van der Waals surface area contributed by atoms with Crippen molar-refractivity contribution in [1.82, 2.24) is 19.9 Å². The van der Waals surface area contributed by atoms with Crippen LogP contribution >= 0.6 is 0 Å². The minimum Gasteiger partial charge on any atom is -0.368 e. The van der Waals surface area contributed by atoms with Crippen molar-refractivity contribution in [3.05, 3.63) is 60.2 Å². The summed E-state index contributed by atoms with van der Waals surface area (Å²) in [5.74, 6) is -0.921. The maximum atomic E-state index is 14.2. The summed E-state index contributed by atoms with van der Waals surface area (Å²) >= 11 is 0. The Bertz CT molecular complexity index is 1530. The molecule has 1 aliphatic heterocycles. The van der Waals surface area contributed by atoms with Crippen LogP contribution in [0.4, 0.5) is 40.6 Å². The van der Waals surface area contributed by atoms with E-state index < -0.39 is 17.6 Å². The highest BCUT2D eigenvalue weighted by atomic mass is 19.4. The Hall–Kier alpha value is -4.19. The Morgan fingerprint density at radius 3 is 2.69 bits per heavy atom. The van der Waals surface area contributed by atoms with Crippen molar-refractivity contribution in [2.45, 2.75) is 25.6 Å². The summed E-state index contributed by atoms with van der Waals surface area (Å²) in [6.07, 6.45) is -1.75. The van der Waals surface area contributed by atoms with E-state index in [1.807, 2.05) is 20.2 Å². The average molecular weight is 542 g/mol. The quantitative estimate of drug-likeness (QED) is 0.275. The first-order valence-corrected chi connectivity index (χ1v) is 12.3. The Morgan fingerprint density at radius 1 is 1.21 bits per heavy atom. The Morgan fingerprint density at radius 2 is 2.00 bits per heavy atom. The SMILES string of the molecule is CC(=O)Nc1cc(Nc2ncc(C(F)(F)F)c(-c3c[nH]c4c(F)cccc34)n2)ccc1N1CCC(N(C)C)C1. The van der Waals surface area contributed by atoms with Crippen LogP contribution in [0.3, 0.4) is 0 Å². The molecule has 0 spiro atoms. The molecule has 12 heteroatoms. The molecule has 2 aromatic heterocycles. The average Bonchev–Trinajstić information content (AvgIpc) is 3.52. The zero-order valence-corrected chi connectivity index (χ0v) is 21.5. The molecule has 204 valence electrons. The number of halogens is 4. The number of alkyl halides is 3. The van der Waals surface area contributed by atoms with Crippen molar-refractivity contribution in [3.8, 4) is 11.3 Å². The van der Waals surface area contributed by atoms with Crippen molar-refractivity contribution in [2.24, 2.45) is 0 Å². The molecule has 1 atom stereocenters. The second-order valence-electron chi connectivity index (χ2n) is 9.71. The number of hydrogen-bond donors (Lipinski definition) is 3. The lowest BCUT2D eigenvalue weighted by Crippen LogP contribution is -2.31. The van der Waals surface area contributed by atoms with Crippen LogP contribution in [0, 0.1) is 5.82 Å². The zero-order chi connectivity index (χ0) is 27.9. The van der Waals surface area contributed by atoms with Gasteiger partial charge >= 0.3 is 6.18 Å². The number of para-hydroxylation sites is 1. The summed E-state index contributed by atoms with van der Waals surface area (Å²) in [4.78, 5) is 27.1. The third-order valence-corrected chi connectivity index (χ3v) is 6.81. The van der Waals surface area contributed by atoms with Gasteiger partial charge in [-0.05, 0) is 44.8 Å². The molecule has 39 heavy (non-hydrogen) atoms. The van der Waals surface area contributed by atoms with Gasteiger partial charge in [-0.1, -0.05) is 12.1 Å². The first kappa shape index (κ1) is 26.4. The van der Waals surface area contributed by atoms with Crippen molar-refractivity contribution in [2.75, 3.05) is 42.7 Å². The fraction of sp³-hybridized carbons (Fsp3) is 0.296. The van der Waals surface area contributed by atoms with Crippen molar-refractivity contribution >= 4 is 39.8 Å². The lowest BCUT2D eigenvalue weighted by Gasteiger charge is -2.24. The van der Waals surface area contributed by atoms with Crippen LogP contribution in [0.25, 0.3) is 22.2 Å². The van der Waals surface area contributed by atoms with Gasteiger partial charge in [-0.25, -0.2) is 14.4 Å². The van der Waals surface area contributed by atoms with E-state index in [2.05, 4.69) is 35.4 Å². The molecule has 1 saturated heterocycles. The normalized spacial score (nSPS) is 15.8. The molecule has 2 aromatic carbocycles. The van der Waals surface area contributed by atoms with Gasteiger partial charge in [0.05, 0.1) is 22.6 Å². The molecule has 4 aromatic rings. The maximum Gasteiger partial charge on any atom is 0.419 e. The molecule has 1 aliphatic rings. The number of likely N-dealkylation sites (N-methyl/N-ethyl adjacent to an activating group) is 1. The summed E-state index contributed by atoms with van der Waals surface area (Å²) < 4.78 is 55.9. The molecule has 8 nitrogen and oxygen atoms in total. The largest absolute Gasteiger partial charge is 0.419 e. The highest BCUT2D eigenvalue weighted by Crippen LogP contribution is 2.39. The topological polar surface area (TPSA) is 89.2 Å². The van der Waals surface area contributed by atoms with Gasteiger partial charge in [0.25, 0.3) is 0 Å². The zero-order valence-electron chi connectivity index (χ0n) is 21.5. The Kier molecular flexibility index (Phi) is 6.89. The Balaban J connectivity index is 1.51. The monoisotopic (exact) mass is 541 g/mol. The third-order valence-electron chi connectivity index (χ3n) is 6.81. The standard InChI is InChI=1S/C27H27F4N7O/c1-15(39)34-22-11-16(7-8-23(22)38-10-9-17(14-38)37(2)3)35-26-33-13-20(27(29,30)31)24(36-26)19-12-32-25-18(19)5-4-6-21(25)28/h4-8,11-13,17,32H,9-10,14H2,1-3H3,(H,34,39)(H,33,35,36). The molecular weight excluding hydrogens is 514 g/mol. The molecular formula is C27H27F4N7O. The van der Waals surface area contributed by atoms with Crippen molar-refractivity contribution < 1.29 is 22.4 Å². The summed E-state index contributed by atoms with van der Waals surface area (Å²) in [7, 11) is 4.06. The van der Waals surface area contributed by atoms with E-state index in [0.717, 1.165) is 25.2 Å². The van der Waals surface area contributed by atoms with E-state index in [1.165, 1.54) is 31.3 Å². The van der Waals surface area contributed by atoms with Crippen LogP contribution in [-0.4, -0.2) is 59.0 Å². The van der Waals surface area contributed by atoms with Crippen LogP contribution in [-0.2, 0) is 11.0 Å². The van der Waals surface area contributed by atoms with E-state index in [9.17, 15) is 22.4 Å². The summed E-state index contributed by atoms with van der Waals surface area (Å²) in [5, 5.41) is 6.06. The third kappa shape index (κ3) is 5.37. The van der Waals surface area contributed by atoms with Crippen LogP contribution in [0.15, 0.2) is 48.8 Å². The first-order chi connectivity index (χ1) is 18.5. The fourth-order valence-corrected chi connectivity index (χ4v) is 4.86. The molecule has 0 bridgehead atoms. The van der Waals surface area contributed by atoms with Gasteiger partial charge in [0.15, 0.2) is 0 Å². The van der Waals surface area contributed by atoms with E-state index >= 15 is 0 Å². The molecule has 1 amide bonds. The maximum absolute atomic E-state index is 14.2. The molecule has 5 rings (SSSR count). The number of aromatic nitrogens is 3.